The maximum absolute atomic E-state index is 13.6. The van der Waals surface area contributed by atoms with Crippen molar-refractivity contribution in [3.05, 3.63) is 83.4 Å². The molecule has 0 aliphatic heterocycles. The van der Waals surface area contributed by atoms with Crippen LogP contribution in [0, 0.1) is 0 Å². The Bertz CT molecular complexity index is 2020. The van der Waals surface area contributed by atoms with Gasteiger partial charge in [-0.1, -0.05) is 51.1 Å². The van der Waals surface area contributed by atoms with Crippen LogP contribution in [0.25, 0.3) is 0 Å². The molecular weight excluding hydrogens is 819 g/mol. The van der Waals surface area contributed by atoms with Gasteiger partial charge in [-0.05, 0) is 106 Å². The molecule has 0 saturated heterocycles. The predicted molar refractivity (Wildman–Crippen MR) is 234 cm³/mol. The van der Waals surface area contributed by atoms with Gasteiger partial charge in [-0.3, -0.25) is 14.4 Å². The highest BCUT2D eigenvalue weighted by Gasteiger charge is 2.39. The topological polar surface area (TPSA) is 216 Å². The standard InChI is InChI=1S/C45H61N3O13Si/c1-11-58-42(55)39(51)48(28-33(41(54)57-8)30-19-23-32(24-20-30)61-62(9,10)45(5,6)7)31-21-17-29(18-22-31)27-34(47-43(56)60-44(2,3)4)38(50)46-25-12-13-26-59-36-16-14-15-35(49)37(36)40(52)53/h14-24,33-34,49H,11-13,25-28H2,1-10H3,(H,46,50)(H,47,56)(H,52,53)/t33?,34-/m0/s1. The van der Waals surface area contributed by atoms with Gasteiger partial charge in [-0.15, -0.1) is 0 Å². The summed E-state index contributed by atoms with van der Waals surface area (Å²) in [4.78, 5) is 78.7. The van der Waals surface area contributed by atoms with E-state index >= 15 is 0 Å². The van der Waals surface area contributed by atoms with Crippen LogP contribution in [0.15, 0.2) is 66.7 Å². The number of benzene rings is 3. The van der Waals surface area contributed by atoms with Crippen molar-refractivity contribution in [3.8, 4) is 17.2 Å². The highest BCUT2D eigenvalue weighted by molar-refractivity contribution is 6.74. The normalized spacial score (nSPS) is 12.5. The van der Waals surface area contributed by atoms with Crippen LogP contribution in [0.1, 0.15) is 88.7 Å². The summed E-state index contributed by atoms with van der Waals surface area (Å²) in [5, 5.41) is 24.7. The number of rotatable bonds is 19. The van der Waals surface area contributed by atoms with Gasteiger partial charge < -0.3 is 49.1 Å². The molecule has 62 heavy (non-hydrogen) atoms. The summed E-state index contributed by atoms with van der Waals surface area (Å²) in [6.07, 6.45) is 0.0499. The minimum Gasteiger partial charge on any atom is -0.544 e. The minimum atomic E-state index is -2.16. The summed E-state index contributed by atoms with van der Waals surface area (Å²) in [7, 11) is -0.923. The van der Waals surface area contributed by atoms with Crippen molar-refractivity contribution in [3.63, 3.8) is 0 Å². The molecule has 3 rings (SSSR count). The number of aromatic hydroxyl groups is 1. The summed E-state index contributed by atoms with van der Waals surface area (Å²) in [5.74, 6) is -5.38. The molecule has 1 unspecified atom stereocenters. The van der Waals surface area contributed by atoms with Crippen LogP contribution in [0.5, 0.6) is 17.2 Å². The van der Waals surface area contributed by atoms with E-state index in [9.17, 15) is 39.0 Å². The Labute approximate surface area is 364 Å². The maximum Gasteiger partial charge on any atom is 0.408 e. The zero-order valence-corrected chi connectivity index (χ0v) is 38.3. The second-order valence-corrected chi connectivity index (χ2v) is 21.7. The van der Waals surface area contributed by atoms with E-state index in [0.29, 0.717) is 29.7 Å². The number of unbranched alkanes of at least 4 members (excludes halogenated alkanes) is 1. The number of hydrogen-bond acceptors (Lipinski definition) is 12. The van der Waals surface area contributed by atoms with E-state index in [1.54, 1.807) is 76.2 Å². The van der Waals surface area contributed by atoms with E-state index in [2.05, 4.69) is 44.5 Å². The van der Waals surface area contributed by atoms with Crippen LogP contribution in [0.2, 0.25) is 18.1 Å². The van der Waals surface area contributed by atoms with Gasteiger partial charge in [0.15, 0.2) is 0 Å². The van der Waals surface area contributed by atoms with Gasteiger partial charge in [-0.25, -0.2) is 14.4 Å². The molecule has 17 heteroatoms. The molecular formula is C45H61N3O13Si. The highest BCUT2D eigenvalue weighted by atomic mass is 28.4. The molecule has 0 spiro atoms. The summed E-state index contributed by atoms with van der Waals surface area (Å²) in [6, 6.07) is 16.4. The summed E-state index contributed by atoms with van der Waals surface area (Å²) in [6.45, 7) is 17.2. The number of aromatic carboxylic acids is 1. The number of carboxylic acid groups (broad SMARTS) is 1. The monoisotopic (exact) mass is 879 g/mol. The van der Waals surface area contributed by atoms with Crippen LogP contribution >= 0.6 is 0 Å². The van der Waals surface area contributed by atoms with Crippen molar-refractivity contribution < 1.29 is 62.4 Å². The van der Waals surface area contributed by atoms with Crippen molar-refractivity contribution in [2.24, 2.45) is 0 Å². The van der Waals surface area contributed by atoms with Crippen LogP contribution in [-0.4, -0.2) is 99.4 Å². The highest BCUT2D eigenvalue weighted by Crippen LogP contribution is 2.38. The Hall–Kier alpha value is -6.10. The van der Waals surface area contributed by atoms with Crippen LogP contribution < -0.4 is 24.7 Å². The quantitative estimate of drug-likeness (QED) is 0.0323. The number of alkyl carbamates (subject to hydrolysis) is 1. The summed E-state index contributed by atoms with van der Waals surface area (Å²) >= 11 is 0. The molecule has 4 N–H and O–H groups in total. The molecule has 0 aliphatic carbocycles. The first-order chi connectivity index (χ1) is 29.0. The van der Waals surface area contributed by atoms with E-state index in [-0.39, 0.29) is 54.8 Å². The van der Waals surface area contributed by atoms with E-state index in [1.165, 1.54) is 25.3 Å². The van der Waals surface area contributed by atoms with Gasteiger partial charge >= 0.3 is 29.9 Å². The predicted octanol–water partition coefficient (Wildman–Crippen LogP) is 6.74. The number of phenols is 1. The molecule has 338 valence electrons. The van der Waals surface area contributed by atoms with Gasteiger partial charge in [-0.2, -0.15) is 0 Å². The van der Waals surface area contributed by atoms with E-state index in [1.807, 2.05) is 0 Å². The molecule has 0 bridgehead atoms. The average Bonchev–Trinajstić information content (AvgIpc) is 3.18. The average molecular weight is 880 g/mol. The van der Waals surface area contributed by atoms with Crippen molar-refractivity contribution in [1.29, 1.82) is 0 Å². The third-order valence-corrected chi connectivity index (χ3v) is 14.4. The number of anilines is 1. The van der Waals surface area contributed by atoms with Crippen LogP contribution in [-0.2, 0) is 39.8 Å². The second-order valence-electron chi connectivity index (χ2n) is 17.0. The number of nitrogens with one attached hydrogen (secondary N) is 2. The first-order valence-corrected chi connectivity index (χ1v) is 23.3. The lowest BCUT2D eigenvalue weighted by Gasteiger charge is -2.36. The molecule has 0 heterocycles. The fourth-order valence-corrected chi connectivity index (χ4v) is 6.80. The zero-order chi connectivity index (χ0) is 46.4. The van der Waals surface area contributed by atoms with Gasteiger partial charge in [0, 0.05) is 25.2 Å². The Morgan fingerprint density at radius 3 is 2.08 bits per heavy atom. The lowest BCUT2D eigenvalue weighted by Crippen LogP contribution is -2.49. The second kappa shape index (κ2) is 22.1. The number of amides is 3. The van der Waals surface area contributed by atoms with Gasteiger partial charge in [0.1, 0.15) is 34.5 Å². The first kappa shape index (κ1) is 50.3. The van der Waals surface area contributed by atoms with Gasteiger partial charge in [0.05, 0.1) is 26.2 Å². The molecule has 0 saturated carbocycles. The van der Waals surface area contributed by atoms with Crippen LogP contribution in [0.4, 0.5) is 10.5 Å². The Morgan fingerprint density at radius 2 is 1.52 bits per heavy atom. The Kier molecular flexibility index (Phi) is 17.9. The molecule has 16 nitrogen and oxygen atoms in total. The number of nitrogens with zero attached hydrogens (tertiary/aromatic N) is 1. The maximum atomic E-state index is 13.6. The fraction of sp³-hybridized carbons (Fsp3) is 0.467. The smallest absolute Gasteiger partial charge is 0.408 e. The lowest BCUT2D eigenvalue weighted by molar-refractivity contribution is -0.153. The molecule has 0 aliphatic rings. The third kappa shape index (κ3) is 14.8. The SMILES string of the molecule is CCOC(=O)C(=O)N(CC(C(=O)OC)c1ccc(O[Si](C)(C)C(C)(C)C)cc1)c1ccc(C[C@H](NC(=O)OC(C)(C)C)C(=O)NCCCCOc2cccc(O)c2C(=O)O)cc1. The Morgan fingerprint density at radius 1 is 0.871 bits per heavy atom. The van der Waals surface area contributed by atoms with Gasteiger partial charge in [0.2, 0.25) is 14.2 Å². The Balaban J connectivity index is 1.82. The molecule has 2 atom stereocenters. The number of ether oxygens (including phenoxy) is 4. The van der Waals surface area contributed by atoms with Crippen LogP contribution in [0.3, 0.4) is 0 Å². The molecule has 0 radical (unpaired) electrons. The number of hydrogen-bond donors (Lipinski definition) is 4. The number of carbonyl (C=O) groups is 6. The third-order valence-electron chi connectivity index (χ3n) is 10.0. The van der Waals surface area contributed by atoms with Crippen molar-refractivity contribution in [2.75, 3.05) is 38.3 Å². The lowest BCUT2D eigenvalue weighted by atomic mass is 9.97. The van der Waals surface area contributed by atoms with Crippen molar-refractivity contribution >= 4 is 49.8 Å². The van der Waals surface area contributed by atoms with Crippen molar-refractivity contribution in [1.82, 2.24) is 10.6 Å². The number of methoxy groups -OCH3 is 1. The minimum absolute atomic E-state index is 0.00381. The van der Waals surface area contributed by atoms with Gasteiger partial charge in [0.25, 0.3) is 0 Å². The molecule has 0 aromatic heterocycles. The molecule has 3 aromatic rings. The molecule has 0 fully saturated rings. The summed E-state index contributed by atoms with van der Waals surface area (Å²) < 4.78 is 27.6. The molecule has 3 amide bonds. The zero-order valence-electron chi connectivity index (χ0n) is 37.3. The molecule has 3 aromatic carbocycles. The largest absolute Gasteiger partial charge is 0.544 e. The number of esters is 2. The number of carbonyl (C=O) groups excluding carboxylic acids is 5. The van der Waals surface area contributed by atoms with E-state index < -0.39 is 67.4 Å². The van der Waals surface area contributed by atoms with Crippen molar-refractivity contribution in [2.45, 2.75) is 103 Å². The van der Waals surface area contributed by atoms with E-state index in [4.69, 9.17) is 23.4 Å². The summed E-state index contributed by atoms with van der Waals surface area (Å²) in [5.41, 5.74) is 0.159. The first-order valence-electron chi connectivity index (χ1n) is 20.4. The fourth-order valence-electron chi connectivity index (χ4n) is 5.77. The number of carboxylic acids is 1. The van der Waals surface area contributed by atoms with E-state index in [0.717, 1.165) is 4.90 Å².